The maximum atomic E-state index is 10.2. The number of aliphatic hydroxyl groups is 2. The van der Waals surface area contributed by atoms with Crippen LogP contribution in [0.5, 0.6) is 0 Å². The van der Waals surface area contributed by atoms with Crippen LogP contribution in [0.4, 0.5) is 5.82 Å². The molecule has 0 bridgehead atoms. The van der Waals surface area contributed by atoms with Gasteiger partial charge in [0, 0.05) is 16.8 Å². The number of rotatable bonds is 4. The molecular weight excluding hydrogens is 442 g/mol. The molecule has 3 N–H and O–H groups in total. The van der Waals surface area contributed by atoms with E-state index in [0.29, 0.717) is 29.3 Å². The van der Waals surface area contributed by atoms with Crippen molar-refractivity contribution in [1.29, 1.82) is 0 Å². The molecule has 0 amide bonds. The van der Waals surface area contributed by atoms with Gasteiger partial charge in [0.05, 0.1) is 12.4 Å². The lowest BCUT2D eigenvalue weighted by molar-refractivity contribution is 0.0313. The van der Waals surface area contributed by atoms with Gasteiger partial charge in [0.1, 0.15) is 11.5 Å². The lowest BCUT2D eigenvalue weighted by Gasteiger charge is -2.17. The number of hydrogen-bond acceptors (Lipinski definition) is 7. The van der Waals surface area contributed by atoms with Gasteiger partial charge >= 0.3 is 0 Å². The summed E-state index contributed by atoms with van der Waals surface area (Å²) in [5.74, 6) is 0.981. The fraction of sp³-hybridized carbons (Fsp3) is 0.312. The van der Waals surface area contributed by atoms with Gasteiger partial charge in [-0.3, -0.25) is 4.57 Å². The Kier molecular flexibility index (Phi) is 5.07. The molecule has 3 heterocycles. The van der Waals surface area contributed by atoms with Crippen molar-refractivity contribution in [3.63, 3.8) is 0 Å². The highest BCUT2D eigenvalue weighted by Crippen LogP contribution is 2.38. The number of aromatic nitrogens is 4. The topological polar surface area (TPSA) is 96.1 Å². The van der Waals surface area contributed by atoms with Crippen LogP contribution in [0.1, 0.15) is 10.9 Å². The fourth-order valence-electron chi connectivity index (χ4n) is 2.86. The number of nitrogens with one attached hydrogen (secondary N) is 1. The highest BCUT2D eigenvalue weighted by Gasteiger charge is 2.36. The third kappa shape index (κ3) is 3.41. The monoisotopic (exact) mass is 455 g/mol. The minimum atomic E-state index is -0.885. The van der Waals surface area contributed by atoms with Gasteiger partial charge in [-0.1, -0.05) is 28.1 Å². The largest absolute Gasteiger partial charge is 0.389 e. The first-order valence-corrected chi connectivity index (χ1v) is 10.1. The zero-order valence-electron chi connectivity index (χ0n) is 13.4. The summed E-state index contributed by atoms with van der Waals surface area (Å²) in [6, 6.07) is 7.94. The first-order chi connectivity index (χ1) is 12.5. The predicted octanol–water partition coefficient (Wildman–Crippen LogP) is 2.82. The van der Waals surface area contributed by atoms with Gasteiger partial charge < -0.3 is 15.5 Å². The molecule has 3 atom stereocenters. The minimum absolute atomic E-state index is 0.0917. The number of thioether (sulfide) groups is 1. The van der Waals surface area contributed by atoms with E-state index in [1.54, 1.807) is 10.9 Å². The molecule has 10 heteroatoms. The molecule has 1 fully saturated rings. The van der Waals surface area contributed by atoms with Gasteiger partial charge in [-0.25, -0.2) is 4.98 Å². The number of anilines is 1. The molecular formula is C16H15BrClN5O2S. The van der Waals surface area contributed by atoms with Gasteiger partial charge in [-0.2, -0.15) is 9.97 Å². The molecule has 1 saturated heterocycles. The van der Waals surface area contributed by atoms with E-state index in [0.717, 1.165) is 10.0 Å². The van der Waals surface area contributed by atoms with Gasteiger partial charge in [-0.05, 0) is 29.3 Å². The van der Waals surface area contributed by atoms with Crippen LogP contribution in [0.15, 0.2) is 35.1 Å². The van der Waals surface area contributed by atoms with E-state index in [4.69, 9.17) is 11.6 Å². The van der Waals surface area contributed by atoms with Crippen molar-refractivity contribution in [3.05, 3.63) is 45.9 Å². The zero-order chi connectivity index (χ0) is 18.3. The predicted molar refractivity (Wildman–Crippen MR) is 105 cm³/mol. The molecule has 1 aliphatic heterocycles. The molecule has 0 radical (unpaired) electrons. The Balaban J connectivity index is 1.66. The molecule has 1 aromatic carbocycles. The third-order valence-corrected chi connectivity index (χ3v) is 6.19. The molecule has 4 rings (SSSR count). The Morgan fingerprint density at radius 1 is 1.35 bits per heavy atom. The quantitative estimate of drug-likeness (QED) is 0.520. The van der Waals surface area contributed by atoms with Gasteiger partial charge in [-0.15, -0.1) is 11.8 Å². The van der Waals surface area contributed by atoms with Gasteiger partial charge in [0.25, 0.3) is 0 Å². The summed E-state index contributed by atoms with van der Waals surface area (Å²) in [4.78, 5) is 12.9. The zero-order valence-corrected chi connectivity index (χ0v) is 16.5. The van der Waals surface area contributed by atoms with E-state index in [-0.39, 0.29) is 10.7 Å². The smallest absolute Gasteiger partial charge is 0.226 e. The summed E-state index contributed by atoms with van der Waals surface area (Å²) in [6.07, 6.45) is -0.0584. The number of benzene rings is 1. The van der Waals surface area contributed by atoms with E-state index in [1.807, 2.05) is 24.3 Å². The Morgan fingerprint density at radius 2 is 2.19 bits per heavy atom. The molecule has 0 spiro atoms. The van der Waals surface area contributed by atoms with E-state index in [1.165, 1.54) is 11.8 Å². The Bertz CT molecular complexity index is 956. The summed E-state index contributed by atoms with van der Waals surface area (Å²) in [5.41, 5.74) is 2.16. The summed E-state index contributed by atoms with van der Waals surface area (Å²) in [7, 11) is 0. The number of fused-ring (bicyclic) bond motifs is 1. The van der Waals surface area contributed by atoms with Gasteiger partial charge in [0.15, 0.2) is 17.0 Å². The molecule has 26 heavy (non-hydrogen) atoms. The summed E-state index contributed by atoms with van der Waals surface area (Å²) in [5, 5.41) is 23.0. The number of imidazole rings is 1. The van der Waals surface area contributed by atoms with E-state index < -0.39 is 12.2 Å². The molecule has 2 aromatic heterocycles. The van der Waals surface area contributed by atoms with Crippen molar-refractivity contribution in [3.8, 4) is 0 Å². The number of nitrogens with zero attached hydrogens (tertiary/aromatic N) is 4. The average Bonchev–Trinajstić information content (AvgIpc) is 3.17. The second-order valence-corrected chi connectivity index (χ2v) is 8.33. The van der Waals surface area contributed by atoms with Crippen molar-refractivity contribution in [2.75, 3.05) is 11.1 Å². The molecule has 136 valence electrons. The van der Waals surface area contributed by atoms with E-state index in [2.05, 4.69) is 36.2 Å². The standard InChI is InChI=1S/C16H15BrClN5O2S/c17-9-3-1-2-8(4-9)5-19-13-11-14(22-16(18)21-13)23(7-20-11)15-12(25)10(24)6-26-15/h1-4,7,10,12,15,24-25H,5-6H2,(H,19,21,22)/t10-,12?,15?/m0/s1. The molecule has 2 unspecified atom stereocenters. The van der Waals surface area contributed by atoms with Crippen LogP contribution in [0.25, 0.3) is 11.2 Å². The maximum absolute atomic E-state index is 10.2. The maximum Gasteiger partial charge on any atom is 0.226 e. The third-order valence-electron chi connectivity index (χ3n) is 4.14. The second-order valence-electron chi connectivity index (χ2n) is 5.93. The average molecular weight is 457 g/mol. The van der Waals surface area contributed by atoms with Crippen LogP contribution >= 0.6 is 39.3 Å². The lowest BCUT2D eigenvalue weighted by atomic mass is 10.2. The normalized spacial score (nSPS) is 22.8. The van der Waals surface area contributed by atoms with Crippen LogP contribution < -0.4 is 5.32 Å². The number of aliphatic hydroxyl groups excluding tert-OH is 2. The summed E-state index contributed by atoms with van der Waals surface area (Å²) in [6.45, 7) is 0.550. The minimum Gasteiger partial charge on any atom is -0.389 e. The Morgan fingerprint density at radius 3 is 2.92 bits per heavy atom. The molecule has 0 aliphatic carbocycles. The van der Waals surface area contributed by atoms with Crippen LogP contribution in [0, 0.1) is 0 Å². The van der Waals surface area contributed by atoms with Gasteiger partial charge in [0.2, 0.25) is 5.28 Å². The number of hydrogen-bond donors (Lipinski definition) is 3. The summed E-state index contributed by atoms with van der Waals surface area (Å²) >= 11 is 11.0. The van der Waals surface area contributed by atoms with Crippen molar-refractivity contribution >= 4 is 56.3 Å². The molecule has 3 aromatic rings. The fourth-order valence-corrected chi connectivity index (χ4v) is 4.76. The molecule has 1 aliphatic rings. The van der Waals surface area contributed by atoms with Crippen LogP contribution in [0.3, 0.4) is 0 Å². The number of halogens is 2. The second kappa shape index (κ2) is 7.32. The highest BCUT2D eigenvalue weighted by atomic mass is 79.9. The SMILES string of the molecule is OC1C(n2cnc3c(NCc4cccc(Br)c4)nc(Cl)nc32)SC[C@@H]1O. The molecule has 0 saturated carbocycles. The van der Waals surface area contributed by atoms with Crippen LogP contribution in [-0.2, 0) is 6.54 Å². The first kappa shape index (κ1) is 18.0. The van der Waals surface area contributed by atoms with Crippen molar-refractivity contribution in [2.24, 2.45) is 0 Å². The highest BCUT2D eigenvalue weighted by molar-refractivity contribution is 9.10. The van der Waals surface area contributed by atoms with Crippen LogP contribution in [-0.4, -0.2) is 47.7 Å². The lowest BCUT2D eigenvalue weighted by Crippen LogP contribution is -2.27. The first-order valence-electron chi connectivity index (χ1n) is 7.89. The van der Waals surface area contributed by atoms with E-state index in [9.17, 15) is 10.2 Å². The van der Waals surface area contributed by atoms with Crippen molar-refractivity contribution in [1.82, 2.24) is 19.5 Å². The molecule has 7 nitrogen and oxygen atoms in total. The Labute approximate surface area is 166 Å². The van der Waals surface area contributed by atoms with Crippen LogP contribution in [0.2, 0.25) is 5.28 Å². The Hall–Kier alpha value is -1.39. The summed E-state index contributed by atoms with van der Waals surface area (Å²) < 4.78 is 2.73. The van der Waals surface area contributed by atoms with Crippen molar-refractivity contribution in [2.45, 2.75) is 24.1 Å². The van der Waals surface area contributed by atoms with Crippen molar-refractivity contribution < 1.29 is 10.2 Å². The van der Waals surface area contributed by atoms with E-state index >= 15 is 0 Å².